The third kappa shape index (κ3) is 8.71. The Balaban J connectivity index is 1.73. The van der Waals surface area contributed by atoms with Crippen molar-refractivity contribution in [3.63, 3.8) is 0 Å². The standard InChI is InChI=1S/C24H35F3O5/c25-24(26,27)17-10-7-16(8-11-17)9-12-18(28)13-14-20-19(21(29)15-22(20)30)5-3-1-2-4-6-23(31)32/h7-8,10-11,18-22,28-30H,1-6,9,12-15H2,(H,31,32)/t18-,19+,20+,21-,22+/m0/s1. The maximum absolute atomic E-state index is 12.6. The first-order valence-electron chi connectivity index (χ1n) is 11.5. The molecule has 0 heterocycles. The number of hydrogen-bond donors (Lipinski definition) is 4. The van der Waals surface area contributed by atoms with Gasteiger partial charge in [-0.05, 0) is 74.5 Å². The van der Waals surface area contributed by atoms with E-state index in [0.29, 0.717) is 38.5 Å². The van der Waals surface area contributed by atoms with E-state index >= 15 is 0 Å². The highest BCUT2D eigenvalue weighted by atomic mass is 19.4. The molecule has 4 N–H and O–H groups in total. The zero-order valence-corrected chi connectivity index (χ0v) is 18.3. The van der Waals surface area contributed by atoms with Crippen molar-refractivity contribution in [3.8, 4) is 0 Å². The van der Waals surface area contributed by atoms with Crippen molar-refractivity contribution in [2.24, 2.45) is 11.8 Å². The van der Waals surface area contributed by atoms with Crippen molar-refractivity contribution in [2.45, 2.75) is 95.1 Å². The lowest BCUT2D eigenvalue weighted by molar-refractivity contribution is -0.138. The Bertz CT molecular complexity index is 692. The quantitative estimate of drug-likeness (QED) is 0.324. The molecule has 0 unspecified atom stereocenters. The molecule has 0 amide bonds. The highest BCUT2D eigenvalue weighted by molar-refractivity contribution is 5.66. The molecule has 1 fully saturated rings. The molecule has 2 rings (SSSR count). The lowest BCUT2D eigenvalue weighted by atomic mass is 9.84. The van der Waals surface area contributed by atoms with E-state index in [1.54, 1.807) is 0 Å². The number of rotatable bonds is 13. The lowest BCUT2D eigenvalue weighted by Gasteiger charge is -2.24. The maximum atomic E-state index is 12.6. The van der Waals surface area contributed by atoms with Crippen LogP contribution in [0.4, 0.5) is 13.2 Å². The Morgan fingerprint density at radius 1 is 0.938 bits per heavy atom. The van der Waals surface area contributed by atoms with Crippen LogP contribution in [0.1, 0.15) is 75.3 Å². The second kappa shape index (κ2) is 12.6. The average Bonchev–Trinajstić information content (AvgIpc) is 2.99. The number of halogens is 3. The largest absolute Gasteiger partial charge is 0.481 e. The van der Waals surface area contributed by atoms with E-state index in [1.807, 2.05) is 0 Å². The number of benzene rings is 1. The van der Waals surface area contributed by atoms with Crippen LogP contribution in [0.15, 0.2) is 24.3 Å². The molecule has 5 atom stereocenters. The normalized spacial score (nSPS) is 24.6. The lowest BCUT2D eigenvalue weighted by Crippen LogP contribution is -2.24. The van der Waals surface area contributed by atoms with Crippen LogP contribution in [0, 0.1) is 11.8 Å². The van der Waals surface area contributed by atoms with E-state index < -0.39 is 36.0 Å². The number of carboxylic acids is 1. The fraction of sp³-hybridized carbons (Fsp3) is 0.708. The monoisotopic (exact) mass is 460 g/mol. The third-order valence-corrected chi connectivity index (χ3v) is 6.58. The number of aliphatic hydroxyl groups is 3. The van der Waals surface area contributed by atoms with Gasteiger partial charge in [0.05, 0.1) is 23.9 Å². The van der Waals surface area contributed by atoms with Crippen molar-refractivity contribution in [2.75, 3.05) is 0 Å². The number of carbonyl (C=O) groups is 1. The van der Waals surface area contributed by atoms with Crippen LogP contribution in [0.5, 0.6) is 0 Å². The van der Waals surface area contributed by atoms with Crippen LogP contribution in [0.3, 0.4) is 0 Å². The molecule has 1 aromatic rings. The zero-order chi connectivity index (χ0) is 23.7. The van der Waals surface area contributed by atoms with Gasteiger partial charge in [-0.25, -0.2) is 0 Å². The summed E-state index contributed by atoms with van der Waals surface area (Å²) < 4.78 is 37.9. The molecule has 0 aliphatic heterocycles. The Morgan fingerprint density at radius 3 is 2.12 bits per heavy atom. The highest BCUT2D eigenvalue weighted by Gasteiger charge is 2.40. The molecule has 1 saturated carbocycles. The van der Waals surface area contributed by atoms with Crippen LogP contribution in [0.2, 0.25) is 0 Å². The van der Waals surface area contributed by atoms with E-state index in [9.17, 15) is 33.3 Å². The topological polar surface area (TPSA) is 98.0 Å². The number of hydrogen-bond acceptors (Lipinski definition) is 4. The fourth-order valence-corrected chi connectivity index (χ4v) is 4.71. The second-order valence-electron chi connectivity index (χ2n) is 9.01. The number of aliphatic carboxylic acids is 1. The van der Waals surface area contributed by atoms with Gasteiger partial charge in [-0.15, -0.1) is 0 Å². The highest BCUT2D eigenvalue weighted by Crippen LogP contribution is 2.39. The van der Waals surface area contributed by atoms with Gasteiger partial charge in [0.2, 0.25) is 0 Å². The molecule has 0 radical (unpaired) electrons. The van der Waals surface area contributed by atoms with Crippen molar-refractivity contribution >= 4 is 5.97 Å². The van der Waals surface area contributed by atoms with Gasteiger partial charge < -0.3 is 20.4 Å². The van der Waals surface area contributed by atoms with E-state index in [0.717, 1.165) is 43.4 Å². The molecule has 1 aliphatic rings. The Labute approximate surface area is 187 Å². The second-order valence-corrected chi connectivity index (χ2v) is 9.01. The number of alkyl halides is 3. The molecule has 1 aliphatic carbocycles. The van der Waals surface area contributed by atoms with Crippen LogP contribution in [0.25, 0.3) is 0 Å². The summed E-state index contributed by atoms with van der Waals surface area (Å²) in [5.41, 5.74) is 0.0395. The van der Waals surface area contributed by atoms with Gasteiger partial charge in [0.25, 0.3) is 0 Å². The van der Waals surface area contributed by atoms with Gasteiger partial charge in [-0.3, -0.25) is 4.79 Å². The Hall–Kier alpha value is -1.64. The summed E-state index contributed by atoms with van der Waals surface area (Å²) in [7, 11) is 0. The number of aryl methyl sites for hydroxylation is 1. The summed E-state index contributed by atoms with van der Waals surface area (Å²) in [6.07, 6.45) is 0.230. The van der Waals surface area contributed by atoms with Crippen LogP contribution in [-0.4, -0.2) is 44.7 Å². The number of carboxylic acid groups (broad SMARTS) is 1. The van der Waals surface area contributed by atoms with Gasteiger partial charge in [-0.2, -0.15) is 13.2 Å². The van der Waals surface area contributed by atoms with E-state index in [2.05, 4.69) is 0 Å². The van der Waals surface area contributed by atoms with Gasteiger partial charge in [0.1, 0.15) is 0 Å². The molecule has 1 aromatic carbocycles. The predicted molar refractivity (Wildman–Crippen MR) is 114 cm³/mol. The molecule has 0 saturated heterocycles. The first kappa shape index (κ1) is 26.6. The average molecular weight is 461 g/mol. The molecule has 8 heteroatoms. The van der Waals surface area contributed by atoms with E-state index in [4.69, 9.17) is 5.11 Å². The van der Waals surface area contributed by atoms with Gasteiger partial charge >= 0.3 is 12.1 Å². The molecule has 0 bridgehead atoms. The smallest absolute Gasteiger partial charge is 0.416 e. The van der Waals surface area contributed by atoms with Crippen molar-refractivity contribution in [1.82, 2.24) is 0 Å². The van der Waals surface area contributed by atoms with Crippen molar-refractivity contribution in [1.29, 1.82) is 0 Å². The van der Waals surface area contributed by atoms with E-state index in [-0.39, 0.29) is 18.3 Å². The minimum Gasteiger partial charge on any atom is -0.481 e. The Morgan fingerprint density at radius 2 is 1.53 bits per heavy atom. The summed E-state index contributed by atoms with van der Waals surface area (Å²) in [4.78, 5) is 10.5. The van der Waals surface area contributed by atoms with Crippen LogP contribution >= 0.6 is 0 Å². The minimum absolute atomic E-state index is 0.0356. The SMILES string of the molecule is O=C(O)CCCCCC[C@@H]1[C@@H](CC[C@@H](O)CCc2ccc(C(F)(F)F)cc2)[C@H](O)C[C@@H]1O. The number of unbranched alkanes of at least 4 members (excludes halogenated alkanes) is 3. The third-order valence-electron chi connectivity index (χ3n) is 6.58. The molecule has 0 spiro atoms. The fourth-order valence-electron chi connectivity index (χ4n) is 4.71. The van der Waals surface area contributed by atoms with Crippen molar-refractivity contribution in [3.05, 3.63) is 35.4 Å². The van der Waals surface area contributed by atoms with Crippen molar-refractivity contribution < 1.29 is 38.4 Å². The first-order chi connectivity index (χ1) is 15.1. The summed E-state index contributed by atoms with van der Waals surface area (Å²) in [5, 5.41) is 39.7. The summed E-state index contributed by atoms with van der Waals surface area (Å²) in [5.74, 6) is -0.924. The molecular weight excluding hydrogens is 425 g/mol. The van der Waals surface area contributed by atoms with E-state index in [1.165, 1.54) is 12.1 Å². The maximum Gasteiger partial charge on any atom is 0.416 e. The first-order valence-corrected chi connectivity index (χ1v) is 11.5. The molecular formula is C24H35F3O5. The van der Waals surface area contributed by atoms with Crippen LogP contribution in [-0.2, 0) is 17.4 Å². The van der Waals surface area contributed by atoms with Crippen LogP contribution < -0.4 is 0 Å². The number of aliphatic hydroxyl groups excluding tert-OH is 3. The summed E-state index contributed by atoms with van der Waals surface area (Å²) in [6, 6.07) is 4.95. The van der Waals surface area contributed by atoms with Gasteiger partial charge in [-0.1, -0.05) is 31.4 Å². The summed E-state index contributed by atoms with van der Waals surface area (Å²) >= 11 is 0. The predicted octanol–water partition coefficient (Wildman–Crippen LogP) is 4.56. The Kier molecular flexibility index (Phi) is 10.4. The summed E-state index contributed by atoms with van der Waals surface area (Å²) in [6.45, 7) is 0. The van der Waals surface area contributed by atoms with Gasteiger partial charge in [0, 0.05) is 6.42 Å². The van der Waals surface area contributed by atoms with Gasteiger partial charge in [0.15, 0.2) is 0 Å². The minimum atomic E-state index is -4.36. The molecule has 0 aromatic heterocycles. The molecule has 182 valence electrons. The molecule has 5 nitrogen and oxygen atoms in total. The zero-order valence-electron chi connectivity index (χ0n) is 18.3. The molecule has 32 heavy (non-hydrogen) atoms.